The first-order valence-electron chi connectivity index (χ1n) is 6.80. The molecule has 2 N–H and O–H groups in total. The minimum atomic E-state index is -1.28. The molecule has 1 aromatic rings. The predicted octanol–water partition coefficient (Wildman–Crippen LogP) is 3.21. The van der Waals surface area contributed by atoms with Gasteiger partial charge in [-0.05, 0) is 24.8 Å². The van der Waals surface area contributed by atoms with Crippen LogP contribution in [-0.4, -0.2) is 22.2 Å². The Kier molecular flexibility index (Phi) is 4.26. The van der Waals surface area contributed by atoms with E-state index in [-0.39, 0.29) is 19.3 Å². The fraction of sp³-hybridized carbons (Fsp3) is 0.294. The van der Waals surface area contributed by atoms with Gasteiger partial charge in [0.1, 0.15) is 0 Å². The number of rotatable bonds is 5. The fourth-order valence-electron chi connectivity index (χ4n) is 2.95. The Bertz CT molecular complexity index is 588. The van der Waals surface area contributed by atoms with Crippen molar-refractivity contribution in [2.75, 3.05) is 0 Å². The molecule has 0 bridgehead atoms. The molecule has 1 fully saturated rings. The smallest absolute Gasteiger partial charge is 0.311 e. The van der Waals surface area contributed by atoms with Crippen molar-refractivity contribution in [3.63, 3.8) is 0 Å². The van der Waals surface area contributed by atoms with Crippen LogP contribution in [0.2, 0.25) is 0 Å². The molecule has 0 aliphatic heterocycles. The molecule has 1 aliphatic carbocycles. The molecule has 2 atom stereocenters. The Labute approximate surface area is 123 Å². The van der Waals surface area contributed by atoms with Gasteiger partial charge in [0.25, 0.3) is 0 Å². The van der Waals surface area contributed by atoms with Gasteiger partial charge in [-0.1, -0.05) is 54.6 Å². The van der Waals surface area contributed by atoms with E-state index in [1.165, 1.54) is 0 Å². The molecule has 2 rings (SSSR count). The highest BCUT2D eigenvalue weighted by molar-refractivity contribution is 5.85. The summed E-state index contributed by atoms with van der Waals surface area (Å²) in [6.45, 7) is 3.78. The summed E-state index contributed by atoms with van der Waals surface area (Å²) in [6, 6.07) is 9.50. The molecule has 0 aromatic heterocycles. The number of hydrogen-bond donors (Lipinski definition) is 2. The molecule has 0 amide bonds. The third-order valence-electron chi connectivity index (χ3n) is 4.04. The van der Waals surface area contributed by atoms with Crippen molar-refractivity contribution in [2.24, 2.45) is 11.3 Å². The van der Waals surface area contributed by atoms with Crippen LogP contribution in [0.4, 0.5) is 0 Å². The lowest BCUT2D eigenvalue weighted by atomic mass is 9.75. The van der Waals surface area contributed by atoms with E-state index in [4.69, 9.17) is 0 Å². The van der Waals surface area contributed by atoms with Crippen LogP contribution >= 0.6 is 0 Å². The molecule has 0 unspecified atom stereocenters. The quantitative estimate of drug-likeness (QED) is 0.815. The van der Waals surface area contributed by atoms with Crippen molar-refractivity contribution < 1.29 is 19.8 Å². The number of hydrogen-bond acceptors (Lipinski definition) is 2. The topological polar surface area (TPSA) is 74.6 Å². The molecule has 0 saturated heterocycles. The number of carbonyl (C=O) groups is 2. The Hall–Kier alpha value is -2.36. The van der Waals surface area contributed by atoms with E-state index in [0.717, 1.165) is 5.56 Å². The monoisotopic (exact) mass is 286 g/mol. The summed E-state index contributed by atoms with van der Waals surface area (Å²) >= 11 is 0. The standard InChI is InChI=1S/C17H18O4/c1-12-10-14(15(18)19)17(11-12,16(20)21)9-5-8-13-6-3-2-4-7-13/h2-8,14H,1,9-11H2,(H,18,19)(H,20,21)/t14-,17-/m1/s1. The van der Waals surface area contributed by atoms with Crippen molar-refractivity contribution in [3.05, 3.63) is 54.1 Å². The first-order valence-corrected chi connectivity index (χ1v) is 6.80. The second kappa shape index (κ2) is 5.95. The van der Waals surface area contributed by atoms with Gasteiger partial charge in [0.2, 0.25) is 0 Å². The summed E-state index contributed by atoms with van der Waals surface area (Å²) in [5.74, 6) is -3.04. The SMILES string of the molecule is C=C1C[C@H](C(=O)O)[C@](CC=Cc2ccccc2)(C(=O)O)C1. The number of allylic oxidation sites excluding steroid dienone is 2. The normalized spacial score (nSPS) is 25.3. The van der Waals surface area contributed by atoms with Crippen LogP contribution in [0.1, 0.15) is 24.8 Å². The van der Waals surface area contributed by atoms with Crippen LogP contribution in [0, 0.1) is 11.3 Å². The average Bonchev–Trinajstić information content (AvgIpc) is 2.78. The van der Waals surface area contributed by atoms with E-state index in [1.807, 2.05) is 36.4 Å². The van der Waals surface area contributed by atoms with Crippen molar-refractivity contribution in [3.8, 4) is 0 Å². The van der Waals surface area contributed by atoms with E-state index >= 15 is 0 Å². The summed E-state index contributed by atoms with van der Waals surface area (Å²) in [5, 5.41) is 18.9. The van der Waals surface area contributed by atoms with E-state index in [9.17, 15) is 19.8 Å². The van der Waals surface area contributed by atoms with Gasteiger partial charge in [0.15, 0.2) is 0 Å². The minimum absolute atomic E-state index is 0.188. The minimum Gasteiger partial charge on any atom is -0.481 e. The molecule has 0 heterocycles. The highest BCUT2D eigenvalue weighted by atomic mass is 16.4. The number of aliphatic carboxylic acids is 2. The summed E-state index contributed by atoms with van der Waals surface area (Å²) in [4.78, 5) is 23.1. The lowest BCUT2D eigenvalue weighted by Gasteiger charge is -2.27. The third kappa shape index (κ3) is 3.05. The van der Waals surface area contributed by atoms with Gasteiger partial charge in [-0.3, -0.25) is 9.59 Å². The van der Waals surface area contributed by atoms with Crippen molar-refractivity contribution >= 4 is 18.0 Å². The summed E-state index contributed by atoms with van der Waals surface area (Å²) < 4.78 is 0. The summed E-state index contributed by atoms with van der Waals surface area (Å²) in [5.41, 5.74) is 0.369. The van der Waals surface area contributed by atoms with Crippen molar-refractivity contribution in [1.82, 2.24) is 0 Å². The van der Waals surface area contributed by atoms with E-state index < -0.39 is 23.3 Å². The maximum atomic E-state index is 11.7. The predicted molar refractivity (Wildman–Crippen MR) is 79.7 cm³/mol. The van der Waals surface area contributed by atoms with Gasteiger partial charge in [-0.15, -0.1) is 0 Å². The number of carboxylic acids is 2. The third-order valence-corrected chi connectivity index (χ3v) is 4.04. The Morgan fingerprint density at radius 2 is 1.95 bits per heavy atom. The van der Waals surface area contributed by atoms with Crippen molar-refractivity contribution in [1.29, 1.82) is 0 Å². The van der Waals surface area contributed by atoms with Crippen LogP contribution in [0.5, 0.6) is 0 Å². The molecule has 0 radical (unpaired) electrons. The highest BCUT2D eigenvalue weighted by Crippen LogP contribution is 2.49. The maximum Gasteiger partial charge on any atom is 0.311 e. The van der Waals surface area contributed by atoms with Crippen LogP contribution in [0.15, 0.2) is 48.6 Å². The molecule has 1 saturated carbocycles. The van der Waals surface area contributed by atoms with Crippen LogP contribution in [0.25, 0.3) is 6.08 Å². The van der Waals surface area contributed by atoms with Crippen LogP contribution in [-0.2, 0) is 9.59 Å². The molecule has 1 aromatic carbocycles. The lowest BCUT2D eigenvalue weighted by Crippen LogP contribution is -2.38. The maximum absolute atomic E-state index is 11.7. The van der Waals surface area contributed by atoms with Gasteiger partial charge in [0.05, 0.1) is 11.3 Å². The average molecular weight is 286 g/mol. The molecule has 21 heavy (non-hydrogen) atoms. The van der Waals surface area contributed by atoms with Gasteiger partial charge < -0.3 is 10.2 Å². The molecule has 4 heteroatoms. The first kappa shape index (κ1) is 15.0. The van der Waals surface area contributed by atoms with E-state index in [0.29, 0.717) is 5.57 Å². The Morgan fingerprint density at radius 3 is 2.52 bits per heavy atom. The molecule has 4 nitrogen and oxygen atoms in total. The fourth-order valence-corrected chi connectivity index (χ4v) is 2.95. The second-order valence-corrected chi connectivity index (χ2v) is 5.50. The largest absolute Gasteiger partial charge is 0.481 e. The van der Waals surface area contributed by atoms with Crippen LogP contribution in [0.3, 0.4) is 0 Å². The van der Waals surface area contributed by atoms with Crippen LogP contribution < -0.4 is 0 Å². The van der Waals surface area contributed by atoms with Gasteiger partial charge in [0, 0.05) is 0 Å². The van der Waals surface area contributed by atoms with Crippen molar-refractivity contribution in [2.45, 2.75) is 19.3 Å². The van der Waals surface area contributed by atoms with Gasteiger partial charge in [-0.2, -0.15) is 0 Å². The molecule has 110 valence electrons. The molecule has 0 spiro atoms. The Balaban J connectivity index is 2.23. The van der Waals surface area contributed by atoms with E-state index in [2.05, 4.69) is 6.58 Å². The summed E-state index contributed by atoms with van der Waals surface area (Å²) in [6.07, 6.45) is 4.22. The van der Waals surface area contributed by atoms with Gasteiger partial charge in [-0.25, -0.2) is 0 Å². The zero-order valence-corrected chi connectivity index (χ0v) is 11.7. The lowest BCUT2D eigenvalue weighted by molar-refractivity contribution is -0.160. The molecule has 1 aliphatic rings. The second-order valence-electron chi connectivity index (χ2n) is 5.50. The molecular weight excluding hydrogens is 268 g/mol. The number of benzene rings is 1. The first-order chi connectivity index (χ1) is 9.95. The summed E-state index contributed by atoms with van der Waals surface area (Å²) in [7, 11) is 0. The van der Waals surface area contributed by atoms with E-state index in [1.54, 1.807) is 6.08 Å². The zero-order valence-electron chi connectivity index (χ0n) is 11.7. The highest BCUT2D eigenvalue weighted by Gasteiger charge is 2.53. The molecular formula is C17H18O4. The zero-order chi connectivity index (χ0) is 15.5. The number of carboxylic acid groups (broad SMARTS) is 2. The van der Waals surface area contributed by atoms with Gasteiger partial charge >= 0.3 is 11.9 Å². The Morgan fingerprint density at radius 1 is 1.29 bits per heavy atom.